The SMILES string of the molecule is NCC(C(=O)NCc1cccnc1)c1ccccc1. The Morgan fingerprint density at radius 2 is 2.00 bits per heavy atom. The van der Waals surface area contributed by atoms with E-state index in [0.717, 1.165) is 11.1 Å². The monoisotopic (exact) mass is 255 g/mol. The Hall–Kier alpha value is -2.20. The summed E-state index contributed by atoms with van der Waals surface area (Å²) in [5.41, 5.74) is 7.61. The first-order chi connectivity index (χ1) is 9.31. The number of nitrogens with two attached hydrogens (primary N) is 1. The van der Waals surface area contributed by atoms with E-state index in [4.69, 9.17) is 5.73 Å². The summed E-state index contributed by atoms with van der Waals surface area (Å²) in [6, 6.07) is 13.3. The normalized spacial score (nSPS) is 11.8. The second-order valence-electron chi connectivity index (χ2n) is 4.28. The molecule has 2 rings (SSSR count). The molecule has 1 amide bonds. The van der Waals surface area contributed by atoms with Gasteiger partial charge in [-0.2, -0.15) is 0 Å². The Bertz CT molecular complexity index is 513. The van der Waals surface area contributed by atoms with Crippen molar-refractivity contribution in [2.24, 2.45) is 5.73 Å². The van der Waals surface area contributed by atoms with Crippen molar-refractivity contribution in [2.45, 2.75) is 12.5 Å². The van der Waals surface area contributed by atoms with Gasteiger partial charge in [0.1, 0.15) is 0 Å². The Balaban J connectivity index is 1.98. The lowest BCUT2D eigenvalue weighted by Crippen LogP contribution is -2.33. The first kappa shape index (κ1) is 13.2. The number of amides is 1. The molecule has 98 valence electrons. The lowest BCUT2D eigenvalue weighted by molar-refractivity contribution is -0.122. The number of carbonyl (C=O) groups excluding carboxylic acids is 1. The van der Waals surface area contributed by atoms with Crippen LogP contribution in [0.3, 0.4) is 0 Å². The van der Waals surface area contributed by atoms with Crippen LogP contribution < -0.4 is 11.1 Å². The summed E-state index contributed by atoms with van der Waals surface area (Å²) in [7, 11) is 0. The van der Waals surface area contributed by atoms with Gasteiger partial charge >= 0.3 is 0 Å². The van der Waals surface area contributed by atoms with Crippen LogP contribution in [0.4, 0.5) is 0 Å². The highest BCUT2D eigenvalue weighted by atomic mass is 16.1. The molecule has 1 unspecified atom stereocenters. The first-order valence-electron chi connectivity index (χ1n) is 6.23. The number of nitrogens with zero attached hydrogens (tertiary/aromatic N) is 1. The number of aromatic nitrogens is 1. The molecule has 19 heavy (non-hydrogen) atoms. The Kier molecular flexibility index (Phi) is 4.64. The van der Waals surface area contributed by atoms with Crippen LogP contribution in [-0.4, -0.2) is 17.4 Å². The maximum atomic E-state index is 12.1. The molecule has 0 aliphatic carbocycles. The molecule has 1 aromatic heterocycles. The lowest BCUT2D eigenvalue weighted by Gasteiger charge is -2.15. The van der Waals surface area contributed by atoms with E-state index in [9.17, 15) is 4.79 Å². The zero-order valence-electron chi connectivity index (χ0n) is 10.6. The van der Waals surface area contributed by atoms with Crippen LogP contribution in [0.25, 0.3) is 0 Å². The van der Waals surface area contributed by atoms with Crippen LogP contribution in [0.2, 0.25) is 0 Å². The smallest absolute Gasteiger partial charge is 0.229 e. The van der Waals surface area contributed by atoms with Crippen molar-refractivity contribution in [1.29, 1.82) is 0 Å². The van der Waals surface area contributed by atoms with Gasteiger partial charge in [-0.25, -0.2) is 0 Å². The molecule has 0 radical (unpaired) electrons. The quantitative estimate of drug-likeness (QED) is 0.849. The van der Waals surface area contributed by atoms with Gasteiger partial charge in [-0.05, 0) is 17.2 Å². The minimum Gasteiger partial charge on any atom is -0.351 e. The summed E-state index contributed by atoms with van der Waals surface area (Å²) in [5, 5.41) is 2.89. The minimum absolute atomic E-state index is 0.0578. The van der Waals surface area contributed by atoms with E-state index in [0.29, 0.717) is 13.1 Å². The predicted octanol–water partition coefficient (Wildman–Crippen LogP) is 1.44. The Morgan fingerprint density at radius 1 is 1.21 bits per heavy atom. The Morgan fingerprint density at radius 3 is 2.63 bits per heavy atom. The van der Waals surface area contributed by atoms with E-state index in [1.807, 2.05) is 42.5 Å². The third-order valence-corrected chi connectivity index (χ3v) is 2.94. The van der Waals surface area contributed by atoms with E-state index < -0.39 is 0 Å². The first-order valence-corrected chi connectivity index (χ1v) is 6.23. The van der Waals surface area contributed by atoms with Crippen molar-refractivity contribution in [1.82, 2.24) is 10.3 Å². The highest BCUT2D eigenvalue weighted by molar-refractivity contribution is 5.83. The highest BCUT2D eigenvalue weighted by Gasteiger charge is 2.18. The summed E-state index contributed by atoms with van der Waals surface area (Å²) in [5.74, 6) is -0.365. The average molecular weight is 255 g/mol. The van der Waals surface area contributed by atoms with Crippen molar-refractivity contribution in [2.75, 3.05) is 6.54 Å². The van der Waals surface area contributed by atoms with Gasteiger partial charge in [0.15, 0.2) is 0 Å². The van der Waals surface area contributed by atoms with Crippen LogP contribution in [-0.2, 0) is 11.3 Å². The van der Waals surface area contributed by atoms with Crippen LogP contribution in [0.1, 0.15) is 17.0 Å². The summed E-state index contributed by atoms with van der Waals surface area (Å²) < 4.78 is 0. The molecule has 4 nitrogen and oxygen atoms in total. The second-order valence-corrected chi connectivity index (χ2v) is 4.28. The summed E-state index contributed by atoms with van der Waals surface area (Å²) in [4.78, 5) is 16.1. The van der Waals surface area contributed by atoms with Crippen molar-refractivity contribution < 1.29 is 4.79 Å². The number of hydrogen-bond acceptors (Lipinski definition) is 3. The fourth-order valence-electron chi connectivity index (χ4n) is 1.89. The molecule has 1 heterocycles. The molecule has 4 heteroatoms. The van der Waals surface area contributed by atoms with E-state index in [1.165, 1.54) is 0 Å². The topological polar surface area (TPSA) is 68.0 Å². The van der Waals surface area contributed by atoms with E-state index in [2.05, 4.69) is 10.3 Å². The van der Waals surface area contributed by atoms with E-state index in [1.54, 1.807) is 12.4 Å². The zero-order chi connectivity index (χ0) is 13.5. The minimum atomic E-state index is -0.308. The number of rotatable bonds is 5. The molecular formula is C15H17N3O. The molecule has 0 aliphatic rings. The van der Waals surface area contributed by atoms with Crippen LogP contribution in [0.15, 0.2) is 54.9 Å². The molecule has 2 aromatic rings. The molecular weight excluding hydrogens is 238 g/mol. The van der Waals surface area contributed by atoms with Gasteiger partial charge in [0.2, 0.25) is 5.91 Å². The summed E-state index contributed by atoms with van der Waals surface area (Å²) in [6.45, 7) is 0.763. The number of nitrogens with one attached hydrogen (secondary N) is 1. The second kappa shape index (κ2) is 6.66. The van der Waals surface area contributed by atoms with Gasteiger partial charge in [0.25, 0.3) is 0 Å². The fourth-order valence-corrected chi connectivity index (χ4v) is 1.89. The van der Waals surface area contributed by atoms with Gasteiger partial charge < -0.3 is 11.1 Å². The van der Waals surface area contributed by atoms with Crippen LogP contribution >= 0.6 is 0 Å². The van der Waals surface area contributed by atoms with Crippen molar-refractivity contribution >= 4 is 5.91 Å². The molecule has 1 aromatic carbocycles. The number of pyridine rings is 1. The standard InChI is InChI=1S/C15H17N3O/c16-9-14(13-6-2-1-3-7-13)15(19)18-11-12-5-4-8-17-10-12/h1-8,10,14H,9,11,16H2,(H,18,19). The maximum absolute atomic E-state index is 12.1. The molecule has 0 fully saturated rings. The molecule has 0 saturated carbocycles. The highest BCUT2D eigenvalue weighted by Crippen LogP contribution is 2.14. The average Bonchev–Trinajstić information content (AvgIpc) is 2.48. The van der Waals surface area contributed by atoms with Crippen molar-refractivity contribution in [3.8, 4) is 0 Å². The van der Waals surface area contributed by atoms with Gasteiger partial charge in [-0.15, -0.1) is 0 Å². The van der Waals surface area contributed by atoms with Crippen LogP contribution in [0, 0.1) is 0 Å². The molecule has 3 N–H and O–H groups in total. The fraction of sp³-hybridized carbons (Fsp3) is 0.200. The maximum Gasteiger partial charge on any atom is 0.229 e. The van der Waals surface area contributed by atoms with Crippen molar-refractivity contribution in [3.63, 3.8) is 0 Å². The summed E-state index contributed by atoms with van der Waals surface area (Å²) >= 11 is 0. The number of benzene rings is 1. The summed E-state index contributed by atoms with van der Waals surface area (Å²) in [6.07, 6.45) is 3.44. The van der Waals surface area contributed by atoms with E-state index in [-0.39, 0.29) is 11.8 Å². The Labute approximate surface area is 112 Å². The van der Waals surface area contributed by atoms with Gasteiger partial charge in [0.05, 0.1) is 5.92 Å². The molecule has 0 saturated heterocycles. The molecule has 1 atom stereocenters. The zero-order valence-corrected chi connectivity index (χ0v) is 10.6. The van der Waals surface area contributed by atoms with Gasteiger partial charge in [-0.3, -0.25) is 9.78 Å². The van der Waals surface area contributed by atoms with Crippen molar-refractivity contribution in [3.05, 3.63) is 66.0 Å². The van der Waals surface area contributed by atoms with Crippen LogP contribution in [0.5, 0.6) is 0 Å². The molecule has 0 spiro atoms. The molecule has 0 aliphatic heterocycles. The third-order valence-electron chi connectivity index (χ3n) is 2.94. The lowest BCUT2D eigenvalue weighted by atomic mass is 9.98. The number of carbonyl (C=O) groups is 1. The molecule has 0 bridgehead atoms. The number of hydrogen-bond donors (Lipinski definition) is 2. The van der Waals surface area contributed by atoms with Gasteiger partial charge in [-0.1, -0.05) is 36.4 Å². The predicted molar refractivity (Wildman–Crippen MR) is 74.3 cm³/mol. The largest absolute Gasteiger partial charge is 0.351 e. The third kappa shape index (κ3) is 3.63. The van der Waals surface area contributed by atoms with E-state index >= 15 is 0 Å². The van der Waals surface area contributed by atoms with Gasteiger partial charge in [0, 0.05) is 25.5 Å².